The van der Waals surface area contributed by atoms with Crippen molar-refractivity contribution in [2.75, 3.05) is 50.1 Å². The number of likely N-dealkylation sites (N-methyl/N-ethyl adjacent to an activating group) is 2. The molecule has 0 saturated carbocycles. The number of nitrogens with one attached hydrogen (secondary N) is 2. The minimum atomic E-state index is -0.372. The van der Waals surface area contributed by atoms with Crippen LogP contribution in [0.15, 0.2) is 0 Å². The second kappa shape index (κ2) is 12.9. The Bertz CT molecular complexity index is 1110. The molecule has 2 fully saturated rings. The molecule has 2 aliphatic heterocycles. The Hall–Kier alpha value is -3.38. The van der Waals surface area contributed by atoms with Gasteiger partial charge in [-0.2, -0.15) is 0 Å². The van der Waals surface area contributed by atoms with E-state index < -0.39 is 0 Å². The number of aryl methyl sites for hydroxylation is 5. The highest BCUT2D eigenvalue weighted by atomic mass is 16.6. The third kappa shape index (κ3) is 6.54. The van der Waals surface area contributed by atoms with Gasteiger partial charge in [0.05, 0.1) is 30.2 Å². The van der Waals surface area contributed by atoms with Crippen LogP contribution in [0.2, 0.25) is 0 Å². The van der Waals surface area contributed by atoms with E-state index in [0.717, 1.165) is 52.7 Å². The number of hydrogen-bond acceptors (Lipinski definition) is 10. The molecule has 38 heavy (non-hydrogen) atoms. The predicted molar refractivity (Wildman–Crippen MR) is 145 cm³/mol. The SMILES string of the molecule is CCc1c(C)nc(N2C[C@H](CNC)OC2=O)nc1C.CCc1nc(C)c(N2C[C@H](CNC)OC2=O)c(C)n1. The minimum absolute atomic E-state index is 0.123. The van der Waals surface area contributed by atoms with Crippen LogP contribution in [0.5, 0.6) is 0 Å². The fourth-order valence-electron chi connectivity index (χ4n) is 4.74. The molecule has 2 aromatic rings. The van der Waals surface area contributed by atoms with E-state index >= 15 is 0 Å². The molecule has 0 aliphatic carbocycles. The number of amides is 2. The smallest absolute Gasteiger partial charge is 0.417 e. The zero-order valence-electron chi connectivity index (χ0n) is 23.7. The van der Waals surface area contributed by atoms with Crippen molar-refractivity contribution in [1.29, 1.82) is 0 Å². The molecule has 2 amide bonds. The maximum absolute atomic E-state index is 11.9. The quantitative estimate of drug-likeness (QED) is 0.526. The first-order chi connectivity index (χ1) is 18.1. The molecule has 0 radical (unpaired) electrons. The van der Waals surface area contributed by atoms with E-state index in [0.29, 0.717) is 32.1 Å². The lowest BCUT2D eigenvalue weighted by Crippen LogP contribution is -2.30. The minimum Gasteiger partial charge on any atom is -0.443 e. The number of carbonyl (C=O) groups is 2. The molecule has 12 heteroatoms. The van der Waals surface area contributed by atoms with Crippen LogP contribution in [0.4, 0.5) is 21.2 Å². The van der Waals surface area contributed by atoms with Gasteiger partial charge in [-0.1, -0.05) is 13.8 Å². The highest BCUT2D eigenvalue weighted by molar-refractivity contribution is 5.91. The molecular formula is C26H40N8O4. The number of rotatable bonds is 8. The number of aromatic nitrogens is 4. The molecule has 0 bridgehead atoms. The van der Waals surface area contributed by atoms with Crippen molar-refractivity contribution < 1.29 is 19.1 Å². The van der Waals surface area contributed by atoms with Gasteiger partial charge in [-0.15, -0.1) is 0 Å². The zero-order valence-corrected chi connectivity index (χ0v) is 23.7. The largest absolute Gasteiger partial charge is 0.443 e. The summed E-state index contributed by atoms with van der Waals surface area (Å²) in [7, 11) is 3.67. The van der Waals surface area contributed by atoms with E-state index in [2.05, 4.69) is 37.5 Å². The monoisotopic (exact) mass is 528 g/mol. The van der Waals surface area contributed by atoms with E-state index in [1.54, 1.807) is 4.90 Å². The van der Waals surface area contributed by atoms with Gasteiger partial charge in [0.1, 0.15) is 18.0 Å². The second-order valence-corrected chi connectivity index (χ2v) is 9.39. The molecule has 0 spiro atoms. The van der Waals surface area contributed by atoms with Crippen molar-refractivity contribution in [2.24, 2.45) is 0 Å². The van der Waals surface area contributed by atoms with Crippen LogP contribution in [-0.4, -0.2) is 84.6 Å². The van der Waals surface area contributed by atoms with Crippen LogP contribution >= 0.6 is 0 Å². The first-order valence-corrected chi connectivity index (χ1v) is 13.1. The Balaban J connectivity index is 0.000000211. The molecule has 208 valence electrons. The summed E-state index contributed by atoms with van der Waals surface area (Å²) >= 11 is 0. The molecule has 2 saturated heterocycles. The van der Waals surface area contributed by atoms with Gasteiger partial charge < -0.3 is 20.1 Å². The van der Waals surface area contributed by atoms with Crippen molar-refractivity contribution in [1.82, 2.24) is 30.6 Å². The summed E-state index contributed by atoms with van der Waals surface area (Å²) < 4.78 is 10.6. The molecule has 0 aromatic carbocycles. The summed E-state index contributed by atoms with van der Waals surface area (Å²) in [6, 6.07) is 0. The molecule has 2 N–H and O–H groups in total. The van der Waals surface area contributed by atoms with E-state index in [9.17, 15) is 9.59 Å². The van der Waals surface area contributed by atoms with Gasteiger partial charge >= 0.3 is 12.2 Å². The van der Waals surface area contributed by atoms with Crippen molar-refractivity contribution in [3.8, 4) is 0 Å². The fraction of sp³-hybridized carbons (Fsp3) is 0.615. The van der Waals surface area contributed by atoms with Crippen molar-refractivity contribution in [3.63, 3.8) is 0 Å². The van der Waals surface area contributed by atoms with Crippen LogP contribution in [0, 0.1) is 27.7 Å². The van der Waals surface area contributed by atoms with Crippen molar-refractivity contribution in [3.05, 3.63) is 34.2 Å². The Morgan fingerprint density at radius 1 is 0.737 bits per heavy atom. The number of carbonyl (C=O) groups excluding carboxylic acids is 2. The van der Waals surface area contributed by atoms with E-state index in [1.807, 2.05) is 48.7 Å². The zero-order chi connectivity index (χ0) is 28.0. The molecule has 2 aromatic heterocycles. The summed E-state index contributed by atoms with van der Waals surface area (Å²) in [5.74, 6) is 1.24. The van der Waals surface area contributed by atoms with E-state index in [1.165, 1.54) is 4.90 Å². The first kappa shape index (κ1) is 29.2. The lowest BCUT2D eigenvalue weighted by Gasteiger charge is -2.18. The Labute approximate surface area is 224 Å². The molecule has 2 atom stereocenters. The summed E-state index contributed by atoms with van der Waals surface area (Å²) in [5.41, 5.74) is 5.42. The normalized spacial score (nSPS) is 18.8. The van der Waals surface area contributed by atoms with Crippen LogP contribution < -0.4 is 20.4 Å². The molecule has 2 aliphatic rings. The topological polar surface area (TPSA) is 135 Å². The molecular weight excluding hydrogens is 488 g/mol. The average molecular weight is 529 g/mol. The van der Waals surface area contributed by atoms with Crippen LogP contribution in [0.1, 0.15) is 48.0 Å². The van der Waals surface area contributed by atoms with Gasteiger partial charge in [0.2, 0.25) is 5.95 Å². The van der Waals surface area contributed by atoms with Crippen LogP contribution in [0.25, 0.3) is 0 Å². The third-order valence-corrected chi connectivity index (χ3v) is 6.48. The second-order valence-electron chi connectivity index (χ2n) is 9.39. The fourth-order valence-corrected chi connectivity index (χ4v) is 4.74. The highest BCUT2D eigenvalue weighted by Gasteiger charge is 2.35. The van der Waals surface area contributed by atoms with Gasteiger partial charge in [-0.3, -0.25) is 4.90 Å². The molecule has 4 rings (SSSR count). The van der Waals surface area contributed by atoms with Crippen molar-refractivity contribution in [2.45, 2.75) is 66.6 Å². The number of ether oxygens (including phenoxy) is 2. The van der Waals surface area contributed by atoms with E-state index in [4.69, 9.17) is 9.47 Å². The Morgan fingerprint density at radius 3 is 1.66 bits per heavy atom. The maximum atomic E-state index is 11.9. The van der Waals surface area contributed by atoms with Gasteiger partial charge in [0, 0.05) is 30.9 Å². The van der Waals surface area contributed by atoms with Gasteiger partial charge in [0.25, 0.3) is 0 Å². The summed E-state index contributed by atoms with van der Waals surface area (Å²) in [4.78, 5) is 44.6. The number of hydrogen-bond donors (Lipinski definition) is 2. The first-order valence-electron chi connectivity index (χ1n) is 13.1. The van der Waals surface area contributed by atoms with Gasteiger partial charge in [-0.25, -0.2) is 34.4 Å². The van der Waals surface area contributed by atoms with E-state index in [-0.39, 0.29) is 24.4 Å². The van der Waals surface area contributed by atoms with Gasteiger partial charge in [-0.05, 0) is 53.8 Å². The lowest BCUT2D eigenvalue weighted by atomic mass is 10.1. The highest BCUT2D eigenvalue weighted by Crippen LogP contribution is 2.27. The van der Waals surface area contributed by atoms with Crippen molar-refractivity contribution >= 4 is 23.8 Å². The summed E-state index contributed by atoms with van der Waals surface area (Å²) in [6.07, 6.45) is 0.719. The predicted octanol–water partition coefficient (Wildman–Crippen LogP) is 2.40. The summed E-state index contributed by atoms with van der Waals surface area (Å²) in [5, 5.41) is 6.01. The summed E-state index contributed by atoms with van der Waals surface area (Å²) in [6.45, 7) is 14.1. The third-order valence-electron chi connectivity index (χ3n) is 6.48. The van der Waals surface area contributed by atoms with Crippen LogP contribution in [-0.2, 0) is 22.3 Å². The van der Waals surface area contributed by atoms with Crippen LogP contribution in [0.3, 0.4) is 0 Å². The lowest BCUT2D eigenvalue weighted by molar-refractivity contribution is 0.140. The number of anilines is 2. The average Bonchev–Trinajstić information content (AvgIpc) is 3.40. The number of cyclic esters (lactones) is 2. The molecule has 0 unspecified atom stereocenters. The molecule has 4 heterocycles. The Kier molecular flexibility index (Phi) is 9.92. The van der Waals surface area contributed by atoms with Gasteiger partial charge in [0.15, 0.2) is 0 Å². The maximum Gasteiger partial charge on any atom is 0.417 e. The molecule has 12 nitrogen and oxygen atoms in total. The Morgan fingerprint density at radius 2 is 1.21 bits per heavy atom. The number of nitrogens with zero attached hydrogens (tertiary/aromatic N) is 6. The standard InChI is InChI=1S/2C13H20N4O2/c1-5-11-15-8(2)12(9(3)16-11)17-7-10(6-14-4)19-13(17)18;1-5-11-8(2)15-12(16-9(11)3)17-7-10(6-14-4)19-13(17)18/h2*10,14H,5-7H2,1-4H3/t2*10-/m00/s1.